The highest BCUT2D eigenvalue weighted by Gasteiger charge is 2.19. The smallest absolute Gasteiger partial charge is 0.234 e. The van der Waals surface area contributed by atoms with Gasteiger partial charge in [-0.15, -0.1) is 0 Å². The number of hydrogen-bond acceptors (Lipinski definition) is 4. The summed E-state index contributed by atoms with van der Waals surface area (Å²) in [5.74, 6) is 0.922. The highest BCUT2D eigenvalue weighted by molar-refractivity contribution is 5.78. The van der Waals surface area contributed by atoms with Crippen molar-refractivity contribution in [1.29, 1.82) is 0 Å². The van der Waals surface area contributed by atoms with Crippen LogP contribution in [-0.2, 0) is 11.3 Å². The largest absolute Gasteiger partial charge is 0.494 e. The van der Waals surface area contributed by atoms with Crippen LogP contribution in [0.3, 0.4) is 0 Å². The summed E-state index contributed by atoms with van der Waals surface area (Å²) in [6, 6.07) is 8.25. The summed E-state index contributed by atoms with van der Waals surface area (Å²) in [4.78, 5) is 14.2. The number of carbonyl (C=O) groups is 1. The average Bonchev–Trinajstić information content (AvgIpc) is 2.48. The van der Waals surface area contributed by atoms with E-state index in [1.165, 1.54) is 0 Å². The van der Waals surface area contributed by atoms with E-state index in [9.17, 15) is 4.79 Å². The van der Waals surface area contributed by atoms with Crippen LogP contribution < -0.4 is 15.4 Å². The zero-order chi connectivity index (χ0) is 15.1. The van der Waals surface area contributed by atoms with Gasteiger partial charge in [0.25, 0.3) is 0 Å². The van der Waals surface area contributed by atoms with Gasteiger partial charge in [-0.05, 0) is 31.5 Å². The Morgan fingerprint density at radius 2 is 2.38 bits per heavy atom. The third-order valence-electron chi connectivity index (χ3n) is 3.68. The first kappa shape index (κ1) is 15.8. The van der Waals surface area contributed by atoms with E-state index in [2.05, 4.69) is 22.5 Å². The molecule has 0 aliphatic carbocycles. The van der Waals surface area contributed by atoms with Crippen molar-refractivity contribution in [3.8, 4) is 5.75 Å². The van der Waals surface area contributed by atoms with E-state index in [0.29, 0.717) is 25.7 Å². The van der Waals surface area contributed by atoms with Crippen molar-refractivity contribution in [3.05, 3.63) is 29.8 Å². The molecule has 0 spiro atoms. The van der Waals surface area contributed by atoms with E-state index < -0.39 is 0 Å². The molecular formula is C16H25N3O2. The van der Waals surface area contributed by atoms with Gasteiger partial charge in [-0.1, -0.05) is 12.1 Å². The maximum Gasteiger partial charge on any atom is 0.234 e. The van der Waals surface area contributed by atoms with E-state index in [1.54, 1.807) is 0 Å². The normalized spacial score (nSPS) is 19.2. The van der Waals surface area contributed by atoms with Crippen LogP contribution in [0.5, 0.6) is 5.75 Å². The lowest BCUT2D eigenvalue weighted by atomic mass is 10.2. The third kappa shape index (κ3) is 5.02. The minimum Gasteiger partial charge on any atom is -0.494 e. The number of carbonyl (C=O) groups excluding carboxylic acids is 1. The number of hydrogen-bond donors (Lipinski definition) is 2. The van der Waals surface area contributed by atoms with Gasteiger partial charge >= 0.3 is 0 Å². The molecule has 1 aromatic carbocycles. The van der Waals surface area contributed by atoms with Crippen LogP contribution in [0.25, 0.3) is 0 Å². The predicted molar refractivity (Wildman–Crippen MR) is 83.4 cm³/mol. The summed E-state index contributed by atoms with van der Waals surface area (Å²) in [6.45, 7) is 8.59. The first-order valence-corrected chi connectivity index (χ1v) is 7.62. The van der Waals surface area contributed by atoms with Crippen molar-refractivity contribution in [3.63, 3.8) is 0 Å². The molecule has 1 saturated heterocycles. The maximum atomic E-state index is 12.0. The quantitative estimate of drug-likeness (QED) is 0.821. The van der Waals surface area contributed by atoms with Crippen molar-refractivity contribution in [2.24, 2.45) is 0 Å². The van der Waals surface area contributed by atoms with Crippen LogP contribution in [0, 0.1) is 0 Å². The summed E-state index contributed by atoms with van der Waals surface area (Å²) >= 11 is 0. The molecule has 21 heavy (non-hydrogen) atoms. The van der Waals surface area contributed by atoms with Crippen molar-refractivity contribution >= 4 is 5.91 Å². The Balaban J connectivity index is 1.79. The Bertz CT molecular complexity index is 465. The molecule has 2 rings (SSSR count). The number of nitrogens with zero attached hydrogens (tertiary/aromatic N) is 1. The zero-order valence-electron chi connectivity index (χ0n) is 12.9. The molecule has 1 atom stereocenters. The topological polar surface area (TPSA) is 53.6 Å². The zero-order valence-corrected chi connectivity index (χ0v) is 12.9. The van der Waals surface area contributed by atoms with Crippen molar-refractivity contribution in [2.45, 2.75) is 26.4 Å². The van der Waals surface area contributed by atoms with Gasteiger partial charge in [0.05, 0.1) is 13.2 Å². The van der Waals surface area contributed by atoms with Gasteiger partial charge in [0, 0.05) is 32.2 Å². The van der Waals surface area contributed by atoms with Gasteiger partial charge in [0.2, 0.25) is 5.91 Å². The van der Waals surface area contributed by atoms with Gasteiger partial charge in [0.1, 0.15) is 5.75 Å². The second-order valence-corrected chi connectivity index (χ2v) is 5.38. The van der Waals surface area contributed by atoms with E-state index in [4.69, 9.17) is 4.74 Å². The molecule has 1 aliphatic rings. The lowest BCUT2D eigenvalue weighted by Gasteiger charge is -2.33. The van der Waals surface area contributed by atoms with Gasteiger partial charge < -0.3 is 15.4 Å². The molecule has 1 aliphatic heterocycles. The van der Waals surface area contributed by atoms with Crippen LogP contribution in [0.4, 0.5) is 0 Å². The summed E-state index contributed by atoms with van der Waals surface area (Å²) < 4.78 is 5.46. The van der Waals surface area contributed by atoms with Crippen molar-refractivity contribution < 1.29 is 9.53 Å². The van der Waals surface area contributed by atoms with E-state index >= 15 is 0 Å². The second kappa shape index (κ2) is 8.00. The molecule has 0 unspecified atom stereocenters. The van der Waals surface area contributed by atoms with Crippen LogP contribution in [-0.4, -0.2) is 49.6 Å². The highest BCUT2D eigenvalue weighted by atomic mass is 16.5. The minimum absolute atomic E-state index is 0.0746. The van der Waals surface area contributed by atoms with Gasteiger partial charge in [0.15, 0.2) is 0 Å². The number of ether oxygens (including phenoxy) is 1. The number of amides is 1. The van der Waals surface area contributed by atoms with Crippen LogP contribution in [0.1, 0.15) is 19.4 Å². The Morgan fingerprint density at radius 1 is 1.52 bits per heavy atom. The molecule has 116 valence electrons. The van der Waals surface area contributed by atoms with E-state index in [1.807, 2.05) is 31.2 Å². The summed E-state index contributed by atoms with van der Waals surface area (Å²) in [7, 11) is 0. The minimum atomic E-state index is 0.0746. The van der Waals surface area contributed by atoms with Crippen LogP contribution in [0.15, 0.2) is 24.3 Å². The molecule has 5 heteroatoms. The Morgan fingerprint density at radius 3 is 3.14 bits per heavy atom. The molecule has 1 heterocycles. The van der Waals surface area contributed by atoms with E-state index in [-0.39, 0.29) is 5.91 Å². The second-order valence-electron chi connectivity index (χ2n) is 5.38. The van der Waals surface area contributed by atoms with Gasteiger partial charge in [-0.3, -0.25) is 9.69 Å². The lowest BCUT2D eigenvalue weighted by Crippen LogP contribution is -2.52. The van der Waals surface area contributed by atoms with Gasteiger partial charge in [-0.25, -0.2) is 0 Å². The van der Waals surface area contributed by atoms with Crippen LogP contribution >= 0.6 is 0 Å². The van der Waals surface area contributed by atoms with E-state index in [0.717, 1.165) is 30.9 Å². The lowest BCUT2D eigenvalue weighted by molar-refractivity contribution is -0.123. The Kier molecular flexibility index (Phi) is 6.02. The Labute approximate surface area is 126 Å². The fourth-order valence-electron chi connectivity index (χ4n) is 2.47. The fraction of sp³-hybridized carbons (Fsp3) is 0.562. The molecule has 0 radical (unpaired) electrons. The molecule has 1 fully saturated rings. The number of benzene rings is 1. The summed E-state index contributed by atoms with van der Waals surface area (Å²) in [5.41, 5.74) is 1.06. The standard InChI is InChI=1S/C16H25N3O2/c1-3-21-15-6-4-5-14(9-15)11-18-16(20)12-19-8-7-17-10-13(19)2/h4-6,9,13,17H,3,7-8,10-12H2,1-2H3,(H,18,20)/t13-/m1/s1. The third-order valence-corrected chi connectivity index (χ3v) is 3.68. The molecule has 1 aromatic rings. The average molecular weight is 291 g/mol. The van der Waals surface area contributed by atoms with Gasteiger partial charge in [-0.2, -0.15) is 0 Å². The SMILES string of the molecule is CCOc1cccc(CNC(=O)CN2CCNC[C@H]2C)c1. The highest BCUT2D eigenvalue weighted by Crippen LogP contribution is 2.13. The predicted octanol–water partition coefficient (Wildman–Crippen LogP) is 0.995. The summed E-state index contributed by atoms with van der Waals surface area (Å²) in [5, 5.41) is 6.31. The first-order chi connectivity index (χ1) is 10.2. The maximum absolute atomic E-state index is 12.0. The number of piperazine rings is 1. The Hall–Kier alpha value is -1.59. The molecule has 2 N–H and O–H groups in total. The molecule has 0 saturated carbocycles. The fourth-order valence-corrected chi connectivity index (χ4v) is 2.47. The number of nitrogens with one attached hydrogen (secondary N) is 2. The van der Waals surface area contributed by atoms with Crippen LogP contribution in [0.2, 0.25) is 0 Å². The number of rotatable bonds is 6. The van der Waals surface area contributed by atoms with Crippen molar-refractivity contribution in [1.82, 2.24) is 15.5 Å². The first-order valence-electron chi connectivity index (χ1n) is 7.62. The molecule has 0 aromatic heterocycles. The molecule has 5 nitrogen and oxygen atoms in total. The molecule has 0 bridgehead atoms. The molecule has 1 amide bonds. The van der Waals surface area contributed by atoms with Crippen molar-refractivity contribution in [2.75, 3.05) is 32.8 Å². The molecular weight excluding hydrogens is 266 g/mol. The summed E-state index contributed by atoms with van der Waals surface area (Å²) in [6.07, 6.45) is 0. The monoisotopic (exact) mass is 291 g/mol.